The van der Waals surface area contributed by atoms with E-state index in [0.29, 0.717) is 17.2 Å². The van der Waals surface area contributed by atoms with Gasteiger partial charge < -0.3 is 20.1 Å². The van der Waals surface area contributed by atoms with E-state index in [2.05, 4.69) is 23.6 Å². The number of hydrogen-bond acceptors (Lipinski definition) is 4. The fourth-order valence-corrected chi connectivity index (χ4v) is 2.36. The molecule has 0 saturated carbocycles. The second-order valence-corrected chi connectivity index (χ2v) is 4.98. The summed E-state index contributed by atoms with van der Waals surface area (Å²) in [5, 5.41) is 6.01. The topological polar surface area (TPSA) is 59.6 Å². The second-order valence-electron chi connectivity index (χ2n) is 4.98. The lowest BCUT2D eigenvalue weighted by Gasteiger charge is -2.11. The minimum Gasteiger partial charge on any atom is -0.454 e. The number of carbonyl (C=O) groups excluding carboxylic acids is 1. The molecule has 1 aliphatic rings. The standard InChI is InChI=1S/C17H18N2O3/c1-2-12-5-3-4-6-14(12)18-10-17(20)19-13-7-8-15-16(9-13)22-11-21-15/h3-9,18H,2,10-11H2,1H3,(H,19,20). The van der Waals surface area contributed by atoms with Gasteiger partial charge in [-0.2, -0.15) is 0 Å². The Bertz CT molecular complexity index is 685. The molecule has 0 unspecified atom stereocenters. The smallest absolute Gasteiger partial charge is 0.243 e. The quantitative estimate of drug-likeness (QED) is 0.891. The van der Waals surface area contributed by atoms with Gasteiger partial charge in [-0.25, -0.2) is 0 Å². The number of para-hydroxylation sites is 1. The fraction of sp³-hybridized carbons (Fsp3) is 0.235. The number of aryl methyl sites for hydroxylation is 1. The van der Waals surface area contributed by atoms with Gasteiger partial charge in [-0.1, -0.05) is 25.1 Å². The largest absolute Gasteiger partial charge is 0.454 e. The van der Waals surface area contributed by atoms with Crippen LogP contribution in [-0.2, 0) is 11.2 Å². The Morgan fingerprint density at radius 1 is 1.14 bits per heavy atom. The van der Waals surface area contributed by atoms with Crippen LogP contribution in [0.1, 0.15) is 12.5 Å². The molecule has 0 radical (unpaired) electrons. The summed E-state index contributed by atoms with van der Waals surface area (Å²) in [7, 11) is 0. The number of anilines is 2. The van der Waals surface area contributed by atoms with Crippen molar-refractivity contribution in [2.75, 3.05) is 24.0 Å². The van der Waals surface area contributed by atoms with Gasteiger partial charge in [-0.15, -0.1) is 0 Å². The second kappa shape index (κ2) is 6.39. The number of rotatable bonds is 5. The fourth-order valence-electron chi connectivity index (χ4n) is 2.36. The summed E-state index contributed by atoms with van der Waals surface area (Å²) < 4.78 is 10.5. The van der Waals surface area contributed by atoms with Gasteiger partial charge >= 0.3 is 0 Å². The van der Waals surface area contributed by atoms with Crippen LogP contribution in [0.5, 0.6) is 11.5 Å². The van der Waals surface area contributed by atoms with E-state index in [0.717, 1.165) is 12.1 Å². The Morgan fingerprint density at radius 2 is 1.95 bits per heavy atom. The van der Waals surface area contributed by atoms with Crippen LogP contribution in [0, 0.1) is 0 Å². The van der Waals surface area contributed by atoms with Gasteiger partial charge in [0, 0.05) is 17.4 Å². The average molecular weight is 298 g/mol. The molecule has 1 heterocycles. The van der Waals surface area contributed by atoms with Gasteiger partial charge in [0.15, 0.2) is 11.5 Å². The van der Waals surface area contributed by atoms with Gasteiger partial charge in [0.05, 0.1) is 6.54 Å². The van der Waals surface area contributed by atoms with Crippen LogP contribution >= 0.6 is 0 Å². The van der Waals surface area contributed by atoms with E-state index in [1.165, 1.54) is 5.56 Å². The Balaban J connectivity index is 1.58. The zero-order valence-electron chi connectivity index (χ0n) is 12.4. The Kier molecular flexibility index (Phi) is 4.14. The molecule has 0 aromatic heterocycles. The lowest BCUT2D eigenvalue weighted by Crippen LogP contribution is -2.22. The van der Waals surface area contributed by atoms with Gasteiger partial charge in [0.1, 0.15) is 0 Å². The summed E-state index contributed by atoms with van der Waals surface area (Å²) in [5.41, 5.74) is 2.88. The van der Waals surface area contributed by atoms with Crippen molar-refractivity contribution in [3.63, 3.8) is 0 Å². The summed E-state index contributed by atoms with van der Waals surface area (Å²) in [6.45, 7) is 2.53. The summed E-state index contributed by atoms with van der Waals surface area (Å²) in [6, 6.07) is 13.3. The Labute approximate surface area is 129 Å². The molecule has 0 spiro atoms. The van der Waals surface area contributed by atoms with Gasteiger partial charge in [0.25, 0.3) is 0 Å². The van der Waals surface area contributed by atoms with Crippen LogP contribution in [-0.4, -0.2) is 19.2 Å². The predicted octanol–water partition coefficient (Wildman–Crippen LogP) is 3.03. The maximum Gasteiger partial charge on any atom is 0.243 e. The van der Waals surface area contributed by atoms with E-state index >= 15 is 0 Å². The first kappa shape index (κ1) is 14.3. The minimum atomic E-state index is -0.107. The molecule has 0 bridgehead atoms. The summed E-state index contributed by atoms with van der Waals surface area (Å²) in [6.07, 6.45) is 0.924. The molecule has 22 heavy (non-hydrogen) atoms. The van der Waals surface area contributed by atoms with E-state index in [-0.39, 0.29) is 19.2 Å². The lowest BCUT2D eigenvalue weighted by atomic mass is 10.1. The third-order valence-corrected chi connectivity index (χ3v) is 3.49. The molecule has 0 atom stereocenters. The number of ether oxygens (including phenoxy) is 2. The average Bonchev–Trinajstić information content (AvgIpc) is 3.01. The summed E-state index contributed by atoms with van der Waals surface area (Å²) >= 11 is 0. The number of benzene rings is 2. The van der Waals surface area contributed by atoms with E-state index in [1.54, 1.807) is 18.2 Å². The SMILES string of the molecule is CCc1ccccc1NCC(=O)Nc1ccc2c(c1)OCO2. The summed E-state index contributed by atoms with van der Waals surface area (Å²) in [4.78, 5) is 12.0. The monoisotopic (exact) mass is 298 g/mol. The van der Waals surface area contributed by atoms with Crippen LogP contribution in [0.3, 0.4) is 0 Å². The third kappa shape index (κ3) is 3.14. The molecule has 0 aliphatic carbocycles. The molecule has 114 valence electrons. The number of amides is 1. The van der Waals surface area contributed by atoms with Crippen molar-refractivity contribution in [3.05, 3.63) is 48.0 Å². The van der Waals surface area contributed by atoms with Crippen LogP contribution < -0.4 is 20.1 Å². The molecule has 1 aliphatic heterocycles. The molecular formula is C17H18N2O3. The van der Waals surface area contributed by atoms with Crippen molar-refractivity contribution in [2.45, 2.75) is 13.3 Å². The highest BCUT2D eigenvalue weighted by Crippen LogP contribution is 2.34. The molecule has 5 heteroatoms. The zero-order valence-corrected chi connectivity index (χ0v) is 12.4. The van der Waals surface area contributed by atoms with Crippen LogP contribution in [0.2, 0.25) is 0 Å². The molecule has 5 nitrogen and oxygen atoms in total. The number of hydrogen-bond donors (Lipinski definition) is 2. The Hall–Kier alpha value is -2.69. The molecule has 0 saturated heterocycles. The third-order valence-electron chi connectivity index (χ3n) is 3.49. The van der Waals surface area contributed by atoms with Crippen LogP contribution in [0.25, 0.3) is 0 Å². The maximum absolute atomic E-state index is 12.0. The van der Waals surface area contributed by atoms with E-state index in [4.69, 9.17) is 9.47 Å². The summed E-state index contributed by atoms with van der Waals surface area (Å²) in [5.74, 6) is 1.25. The first-order chi connectivity index (χ1) is 10.8. The highest BCUT2D eigenvalue weighted by atomic mass is 16.7. The Morgan fingerprint density at radius 3 is 2.82 bits per heavy atom. The molecule has 2 aromatic carbocycles. The van der Waals surface area contributed by atoms with E-state index in [9.17, 15) is 4.79 Å². The number of nitrogens with one attached hydrogen (secondary N) is 2. The zero-order chi connectivity index (χ0) is 15.4. The normalized spacial score (nSPS) is 12.0. The molecule has 0 fully saturated rings. The van der Waals surface area contributed by atoms with Crippen LogP contribution in [0.15, 0.2) is 42.5 Å². The van der Waals surface area contributed by atoms with Crippen molar-refractivity contribution in [2.24, 2.45) is 0 Å². The molecule has 2 aromatic rings. The number of fused-ring (bicyclic) bond motifs is 1. The first-order valence-electron chi connectivity index (χ1n) is 7.27. The van der Waals surface area contributed by atoms with Gasteiger partial charge in [0.2, 0.25) is 12.7 Å². The highest BCUT2D eigenvalue weighted by molar-refractivity contribution is 5.94. The number of carbonyl (C=O) groups is 1. The molecule has 3 rings (SSSR count). The van der Waals surface area contributed by atoms with Gasteiger partial charge in [-0.05, 0) is 30.2 Å². The molecule has 1 amide bonds. The van der Waals surface area contributed by atoms with Crippen molar-refractivity contribution >= 4 is 17.3 Å². The van der Waals surface area contributed by atoms with Gasteiger partial charge in [-0.3, -0.25) is 4.79 Å². The maximum atomic E-state index is 12.0. The molecular weight excluding hydrogens is 280 g/mol. The molecule has 2 N–H and O–H groups in total. The van der Waals surface area contributed by atoms with Crippen molar-refractivity contribution < 1.29 is 14.3 Å². The predicted molar refractivity (Wildman–Crippen MR) is 85.5 cm³/mol. The van der Waals surface area contributed by atoms with Crippen molar-refractivity contribution in [1.82, 2.24) is 0 Å². The first-order valence-corrected chi connectivity index (χ1v) is 7.27. The van der Waals surface area contributed by atoms with Crippen molar-refractivity contribution in [3.8, 4) is 11.5 Å². The van der Waals surface area contributed by atoms with Crippen LogP contribution in [0.4, 0.5) is 11.4 Å². The van der Waals surface area contributed by atoms with E-state index in [1.807, 2.05) is 18.2 Å². The minimum absolute atomic E-state index is 0.107. The van der Waals surface area contributed by atoms with E-state index < -0.39 is 0 Å². The lowest BCUT2D eigenvalue weighted by molar-refractivity contribution is -0.114. The van der Waals surface area contributed by atoms with Crippen molar-refractivity contribution in [1.29, 1.82) is 0 Å². The highest BCUT2D eigenvalue weighted by Gasteiger charge is 2.14.